The van der Waals surface area contributed by atoms with E-state index in [-0.39, 0.29) is 6.42 Å². The summed E-state index contributed by atoms with van der Waals surface area (Å²) in [5.41, 5.74) is 0.840. The molecular weight excluding hydrogens is 278 g/mol. The van der Waals surface area contributed by atoms with E-state index in [9.17, 15) is 4.79 Å². The average Bonchev–Trinajstić information content (AvgIpc) is 2.88. The third-order valence-electron chi connectivity index (χ3n) is 3.17. The van der Waals surface area contributed by atoms with Crippen LogP contribution in [0, 0.1) is 0 Å². The van der Waals surface area contributed by atoms with Gasteiger partial charge in [-0.05, 0) is 12.1 Å². The lowest BCUT2D eigenvalue weighted by Gasteiger charge is -2.27. The molecule has 1 aliphatic heterocycles. The highest BCUT2D eigenvalue weighted by molar-refractivity contribution is 7.18. The number of hydrogen-bond donors (Lipinski definition) is 1. The van der Waals surface area contributed by atoms with Crippen molar-refractivity contribution < 1.29 is 14.6 Å². The maximum atomic E-state index is 10.6. The van der Waals surface area contributed by atoms with Gasteiger partial charge in [-0.15, -0.1) is 0 Å². The number of carboxylic acid groups (broad SMARTS) is 1. The molecule has 0 saturated carbocycles. The van der Waals surface area contributed by atoms with E-state index in [4.69, 9.17) is 9.84 Å². The Hall–Kier alpha value is -1.73. The number of fused-ring (bicyclic) bond motifs is 1. The van der Waals surface area contributed by atoms with Gasteiger partial charge in [0.15, 0.2) is 0 Å². The molecule has 1 aliphatic rings. The molecule has 0 aliphatic carbocycles. The molecule has 20 heavy (non-hydrogen) atoms. The van der Waals surface area contributed by atoms with Gasteiger partial charge in [0.2, 0.25) is 0 Å². The summed E-state index contributed by atoms with van der Waals surface area (Å²) in [6.07, 6.45) is 0.569. The number of nitrogens with zero attached hydrogens (tertiary/aromatic N) is 3. The minimum atomic E-state index is -0.800. The molecule has 7 heteroatoms. The smallest absolute Gasteiger partial charge is 0.303 e. The van der Waals surface area contributed by atoms with Crippen LogP contribution in [0.4, 0.5) is 5.82 Å². The van der Waals surface area contributed by atoms with E-state index in [1.807, 2.05) is 12.1 Å². The fraction of sp³-hybridized carbons (Fsp3) is 0.462. The molecule has 3 rings (SSSR count). The molecule has 1 saturated heterocycles. The van der Waals surface area contributed by atoms with Crippen molar-refractivity contribution in [3.63, 3.8) is 0 Å². The van der Waals surface area contributed by atoms with Crippen molar-refractivity contribution in [3.8, 4) is 0 Å². The fourth-order valence-electron chi connectivity index (χ4n) is 2.14. The highest BCUT2D eigenvalue weighted by Crippen LogP contribution is 2.24. The highest BCUT2D eigenvalue weighted by Gasteiger charge is 2.14. The van der Waals surface area contributed by atoms with Crippen molar-refractivity contribution in [1.29, 1.82) is 0 Å². The van der Waals surface area contributed by atoms with Crippen LogP contribution in [-0.4, -0.2) is 47.3 Å². The van der Waals surface area contributed by atoms with Crippen molar-refractivity contribution in [1.82, 2.24) is 9.97 Å². The molecule has 106 valence electrons. The summed E-state index contributed by atoms with van der Waals surface area (Å²) >= 11 is 1.47. The first kappa shape index (κ1) is 13.3. The third-order valence-corrected chi connectivity index (χ3v) is 4.20. The summed E-state index contributed by atoms with van der Waals surface area (Å²) in [5, 5.41) is 9.53. The Bertz CT molecular complexity index is 622. The molecule has 1 N–H and O–H groups in total. The summed E-state index contributed by atoms with van der Waals surface area (Å²) in [7, 11) is 0. The van der Waals surface area contributed by atoms with Crippen LogP contribution >= 0.6 is 11.3 Å². The number of pyridine rings is 1. The van der Waals surface area contributed by atoms with Crippen molar-refractivity contribution in [2.45, 2.75) is 12.8 Å². The number of morpholine rings is 1. The molecule has 0 unspecified atom stereocenters. The third kappa shape index (κ3) is 2.88. The molecule has 0 bridgehead atoms. The first-order valence-electron chi connectivity index (χ1n) is 6.53. The number of hydrogen-bond acceptors (Lipinski definition) is 6. The number of anilines is 1. The number of thiazole rings is 1. The number of ether oxygens (including phenoxy) is 1. The van der Waals surface area contributed by atoms with Gasteiger partial charge in [-0.25, -0.2) is 9.97 Å². The summed E-state index contributed by atoms with van der Waals surface area (Å²) < 4.78 is 5.33. The molecule has 0 radical (unpaired) electrons. The van der Waals surface area contributed by atoms with Gasteiger partial charge in [-0.1, -0.05) is 11.3 Å². The van der Waals surface area contributed by atoms with E-state index in [0.717, 1.165) is 47.5 Å². The lowest BCUT2D eigenvalue weighted by molar-refractivity contribution is -0.136. The lowest BCUT2D eigenvalue weighted by Crippen LogP contribution is -2.36. The molecule has 2 aromatic rings. The number of carbonyl (C=O) groups is 1. The number of carboxylic acids is 1. The zero-order valence-corrected chi connectivity index (χ0v) is 11.7. The lowest BCUT2D eigenvalue weighted by atomic mass is 10.3. The summed E-state index contributed by atoms with van der Waals surface area (Å²) in [5.74, 6) is 0.139. The maximum Gasteiger partial charge on any atom is 0.303 e. The number of rotatable bonds is 4. The van der Waals surface area contributed by atoms with Gasteiger partial charge in [0, 0.05) is 19.5 Å². The SMILES string of the molecule is O=C(O)CCc1nc2ccc(N3CCOCC3)nc2s1. The first-order chi connectivity index (χ1) is 9.72. The summed E-state index contributed by atoms with van der Waals surface area (Å²) in [4.78, 5) is 22.7. The average molecular weight is 293 g/mol. The minimum absolute atomic E-state index is 0.107. The summed E-state index contributed by atoms with van der Waals surface area (Å²) in [6, 6.07) is 3.92. The molecule has 2 aromatic heterocycles. The van der Waals surface area contributed by atoms with Gasteiger partial charge in [0.1, 0.15) is 16.2 Å². The second-order valence-electron chi connectivity index (χ2n) is 4.59. The first-order valence-corrected chi connectivity index (χ1v) is 7.35. The second-order valence-corrected chi connectivity index (χ2v) is 5.66. The van der Waals surface area contributed by atoms with Crippen LogP contribution in [0.25, 0.3) is 10.3 Å². The largest absolute Gasteiger partial charge is 0.481 e. The van der Waals surface area contributed by atoms with Gasteiger partial charge in [0.25, 0.3) is 0 Å². The zero-order valence-electron chi connectivity index (χ0n) is 10.9. The van der Waals surface area contributed by atoms with Crippen LogP contribution in [0.5, 0.6) is 0 Å². The van der Waals surface area contributed by atoms with Crippen LogP contribution in [0.1, 0.15) is 11.4 Å². The zero-order chi connectivity index (χ0) is 13.9. The van der Waals surface area contributed by atoms with E-state index in [1.165, 1.54) is 11.3 Å². The Balaban J connectivity index is 1.81. The monoisotopic (exact) mass is 293 g/mol. The highest BCUT2D eigenvalue weighted by atomic mass is 32.1. The van der Waals surface area contributed by atoms with Crippen LogP contribution in [0.15, 0.2) is 12.1 Å². The fourth-order valence-corrected chi connectivity index (χ4v) is 3.07. The Morgan fingerprint density at radius 2 is 2.15 bits per heavy atom. The molecule has 3 heterocycles. The van der Waals surface area contributed by atoms with Gasteiger partial charge in [-0.2, -0.15) is 0 Å². The molecule has 0 atom stereocenters. The molecule has 0 spiro atoms. The topological polar surface area (TPSA) is 75.5 Å². The Morgan fingerprint density at radius 1 is 1.35 bits per heavy atom. The normalized spacial score (nSPS) is 15.7. The van der Waals surface area contributed by atoms with Crippen molar-refractivity contribution in [2.75, 3.05) is 31.2 Å². The number of aromatic nitrogens is 2. The molecule has 0 aromatic carbocycles. The van der Waals surface area contributed by atoms with Gasteiger partial charge in [-0.3, -0.25) is 4.79 Å². The number of aliphatic carboxylic acids is 1. The van der Waals surface area contributed by atoms with Gasteiger partial charge in [0.05, 0.1) is 24.6 Å². The minimum Gasteiger partial charge on any atom is -0.481 e. The van der Waals surface area contributed by atoms with Crippen molar-refractivity contribution in [2.24, 2.45) is 0 Å². The van der Waals surface area contributed by atoms with Crippen LogP contribution in [-0.2, 0) is 16.0 Å². The Kier molecular flexibility index (Phi) is 3.79. The van der Waals surface area contributed by atoms with E-state index in [0.29, 0.717) is 6.42 Å². The van der Waals surface area contributed by atoms with Crippen LogP contribution < -0.4 is 4.90 Å². The van der Waals surface area contributed by atoms with E-state index in [2.05, 4.69) is 14.9 Å². The molecule has 1 fully saturated rings. The quantitative estimate of drug-likeness (QED) is 0.921. The van der Waals surface area contributed by atoms with Crippen molar-refractivity contribution in [3.05, 3.63) is 17.1 Å². The Labute approximate surface area is 120 Å². The van der Waals surface area contributed by atoms with Crippen molar-refractivity contribution >= 4 is 33.5 Å². The van der Waals surface area contributed by atoms with Crippen LogP contribution in [0.2, 0.25) is 0 Å². The maximum absolute atomic E-state index is 10.6. The standard InChI is InChI=1S/C13H15N3O3S/c17-12(18)4-3-11-14-9-1-2-10(15-13(9)20-11)16-5-7-19-8-6-16/h1-2H,3-8H2,(H,17,18). The van der Waals surface area contributed by atoms with E-state index < -0.39 is 5.97 Å². The Morgan fingerprint density at radius 3 is 2.90 bits per heavy atom. The second kappa shape index (κ2) is 5.72. The molecule has 0 amide bonds. The van der Waals surface area contributed by atoms with E-state index in [1.54, 1.807) is 0 Å². The predicted molar refractivity (Wildman–Crippen MR) is 76.4 cm³/mol. The predicted octanol–water partition coefficient (Wildman–Crippen LogP) is 1.55. The number of aryl methyl sites for hydroxylation is 1. The van der Waals surface area contributed by atoms with Crippen LogP contribution in [0.3, 0.4) is 0 Å². The van der Waals surface area contributed by atoms with Gasteiger partial charge >= 0.3 is 5.97 Å². The molecular formula is C13H15N3O3S. The summed E-state index contributed by atoms with van der Waals surface area (Å²) in [6.45, 7) is 3.16. The van der Waals surface area contributed by atoms with Gasteiger partial charge < -0.3 is 14.7 Å². The van der Waals surface area contributed by atoms with E-state index >= 15 is 0 Å². The molecule has 6 nitrogen and oxygen atoms in total.